The predicted octanol–water partition coefficient (Wildman–Crippen LogP) is 1.64. The maximum atomic E-state index is 10.7. The zero-order valence-corrected chi connectivity index (χ0v) is 7.73. The Kier molecular flexibility index (Phi) is 2.05. The Bertz CT molecular complexity index is 322. The van der Waals surface area contributed by atoms with Gasteiger partial charge in [0.1, 0.15) is 6.29 Å². The number of carbonyl (C=O) groups excluding carboxylic acids is 1. The average molecular weight is 175 g/mol. The quantitative estimate of drug-likeness (QED) is 0.605. The number of hydrogen-bond donors (Lipinski definition) is 0. The van der Waals surface area contributed by atoms with Crippen molar-refractivity contribution in [3.05, 3.63) is 29.8 Å². The highest BCUT2D eigenvalue weighted by Crippen LogP contribution is 2.27. The number of aldehydes is 1. The van der Waals surface area contributed by atoms with Gasteiger partial charge in [0.2, 0.25) is 0 Å². The maximum absolute atomic E-state index is 10.7. The topological polar surface area (TPSA) is 20.3 Å². The number of benzene rings is 1. The Balaban J connectivity index is 2.38. The molecule has 1 aliphatic heterocycles. The van der Waals surface area contributed by atoms with Gasteiger partial charge >= 0.3 is 0 Å². The molecule has 0 amide bonds. The van der Waals surface area contributed by atoms with Crippen molar-refractivity contribution < 1.29 is 4.79 Å². The van der Waals surface area contributed by atoms with E-state index in [1.54, 1.807) is 0 Å². The van der Waals surface area contributed by atoms with Crippen molar-refractivity contribution in [1.29, 1.82) is 0 Å². The Hall–Kier alpha value is -1.31. The van der Waals surface area contributed by atoms with Crippen LogP contribution in [0.25, 0.3) is 0 Å². The van der Waals surface area contributed by atoms with Crippen molar-refractivity contribution in [1.82, 2.24) is 0 Å². The van der Waals surface area contributed by atoms with E-state index < -0.39 is 0 Å². The molecule has 0 spiro atoms. The van der Waals surface area contributed by atoms with Crippen LogP contribution in [0.4, 0.5) is 5.69 Å². The van der Waals surface area contributed by atoms with Crippen molar-refractivity contribution in [3.8, 4) is 0 Å². The number of carbonyl (C=O) groups is 1. The highest BCUT2D eigenvalue weighted by atomic mass is 16.1. The third-order valence-corrected chi connectivity index (χ3v) is 2.74. The number of para-hydroxylation sites is 1. The molecule has 1 aromatic rings. The molecule has 0 saturated heterocycles. The van der Waals surface area contributed by atoms with Crippen LogP contribution in [-0.2, 0) is 11.2 Å². The smallest absolute Gasteiger partial charge is 0.142 e. The standard InChI is InChI=1S/C11H13NO/c1-12-10(8-13)7-6-9-4-2-3-5-11(9)12/h2-5,8,10H,6-7H2,1H3/t10-/m1/s1. The molecule has 0 radical (unpaired) electrons. The van der Waals surface area contributed by atoms with Gasteiger partial charge in [-0.1, -0.05) is 18.2 Å². The molecule has 2 heteroatoms. The zero-order chi connectivity index (χ0) is 9.26. The summed E-state index contributed by atoms with van der Waals surface area (Å²) >= 11 is 0. The second kappa shape index (κ2) is 3.21. The molecule has 0 aliphatic carbocycles. The fourth-order valence-electron chi connectivity index (χ4n) is 1.90. The summed E-state index contributed by atoms with van der Waals surface area (Å²) in [5, 5.41) is 0. The van der Waals surface area contributed by atoms with Crippen LogP contribution >= 0.6 is 0 Å². The van der Waals surface area contributed by atoms with E-state index in [0.717, 1.165) is 19.1 Å². The van der Waals surface area contributed by atoms with Crippen molar-refractivity contribution >= 4 is 12.0 Å². The lowest BCUT2D eigenvalue weighted by atomic mass is 9.97. The molecule has 0 aromatic heterocycles. The fraction of sp³-hybridized carbons (Fsp3) is 0.364. The van der Waals surface area contributed by atoms with Gasteiger partial charge in [0.25, 0.3) is 0 Å². The first-order valence-corrected chi connectivity index (χ1v) is 4.59. The Morgan fingerprint density at radius 2 is 2.23 bits per heavy atom. The lowest BCUT2D eigenvalue weighted by Gasteiger charge is -2.32. The Labute approximate surface area is 78.2 Å². The zero-order valence-electron chi connectivity index (χ0n) is 7.73. The monoisotopic (exact) mass is 175 g/mol. The fourth-order valence-corrected chi connectivity index (χ4v) is 1.90. The summed E-state index contributed by atoms with van der Waals surface area (Å²) in [6.45, 7) is 0. The Morgan fingerprint density at radius 3 is 3.00 bits per heavy atom. The SMILES string of the molecule is CN1c2ccccc2CC[C@@H]1C=O. The summed E-state index contributed by atoms with van der Waals surface area (Å²) in [5.41, 5.74) is 2.55. The van der Waals surface area contributed by atoms with E-state index in [1.165, 1.54) is 11.3 Å². The molecule has 13 heavy (non-hydrogen) atoms. The van der Waals surface area contributed by atoms with Crippen LogP contribution in [0.2, 0.25) is 0 Å². The van der Waals surface area contributed by atoms with Crippen LogP contribution in [0.1, 0.15) is 12.0 Å². The molecule has 0 saturated carbocycles. The predicted molar refractivity (Wildman–Crippen MR) is 53.0 cm³/mol. The summed E-state index contributed by atoms with van der Waals surface area (Å²) < 4.78 is 0. The average Bonchev–Trinajstić information content (AvgIpc) is 2.19. The van der Waals surface area contributed by atoms with Crippen LogP contribution in [-0.4, -0.2) is 19.4 Å². The molecular weight excluding hydrogens is 162 g/mol. The molecule has 2 rings (SSSR count). The van der Waals surface area contributed by atoms with Crippen molar-refractivity contribution in [2.45, 2.75) is 18.9 Å². The molecule has 0 unspecified atom stereocenters. The van der Waals surface area contributed by atoms with Crippen LogP contribution in [0.15, 0.2) is 24.3 Å². The third kappa shape index (κ3) is 1.32. The van der Waals surface area contributed by atoms with Gasteiger partial charge in [-0.3, -0.25) is 0 Å². The van der Waals surface area contributed by atoms with E-state index in [0.29, 0.717) is 0 Å². The maximum Gasteiger partial charge on any atom is 0.142 e. The van der Waals surface area contributed by atoms with E-state index in [1.807, 2.05) is 19.2 Å². The van der Waals surface area contributed by atoms with E-state index >= 15 is 0 Å². The highest BCUT2D eigenvalue weighted by Gasteiger charge is 2.21. The van der Waals surface area contributed by atoms with Gasteiger partial charge in [0.05, 0.1) is 6.04 Å². The first kappa shape index (κ1) is 8.30. The van der Waals surface area contributed by atoms with E-state index in [9.17, 15) is 4.79 Å². The molecule has 0 N–H and O–H groups in total. The number of anilines is 1. The van der Waals surface area contributed by atoms with Crippen molar-refractivity contribution in [2.24, 2.45) is 0 Å². The lowest BCUT2D eigenvalue weighted by molar-refractivity contribution is -0.109. The van der Waals surface area contributed by atoms with Crippen LogP contribution in [0.5, 0.6) is 0 Å². The third-order valence-electron chi connectivity index (χ3n) is 2.74. The molecule has 2 nitrogen and oxygen atoms in total. The molecule has 0 bridgehead atoms. The minimum Gasteiger partial charge on any atom is -0.365 e. The molecular formula is C11H13NO. The minimum absolute atomic E-state index is 0.0647. The van der Waals surface area contributed by atoms with E-state index in [4.69, 9.17) is 0 Å². The molecule has 1 heterocycles. The van der Waals surface area contributed by atoms with E-state index in [2.05, 4.69) is 17.0 Å². The van der Waals surface area contributed by atoms with Gasteiger partial charge < -0.3 is 9.69 Å². The summed E-state index contributed by atoms with van der Waals surface area (Å²) in [5.74, 6) is 0. The number of hydrogen-bond acceptors (Lipinski definition) is 2. The molecule has 1 aromatic carbocycles. The highest BCUT2D eigenvalue weighted by molar-refractivity contribution is 5.69. The van der Waals surface area contributed by atoms with E-state index in [-0.39, 0.29) is 6.04 Å². The summed E-state index contributed by atoms with van der Waals surface area (Å²) in [6.07, 6.45) is 3.00. The van der Waals surface area contributed by atoms with Crippen molar-refractivity contribution in [2.75, 3.05) is 11.9 Å². The summed E-state index contributed by atoms with van der Waals surface area (Å²) in [4.78, 5) is 12.8. The van der Waals surface area contributed by atoms with Crippen LogP contribution in [0, 0.1) is 0 Å². The molecule has 1 aliphatic rings. The van der Waals surface area contributed by atoms with Gasteiger partial charge in [-0.05, 0) is 24.5 Å². The first-order chi connectivity index (χ1) is 6.33. The molecule has 68 valence electrons. The van der Waals surface area contributed by atoms with Crippen LogP contribution < -0.4 is 4.90 Å². The van der Waals surface area contributed by atoms with Gasteiger partial charge in [-0.2, -0.15) is 0 Å². The number of nitrogens with zero attached hydrogens (tertiary/aromatic N) is 1. The van der Waals surface area contributed by atoms with Gasteiger partial charge in [-0.25, -0.2) is 0 Å². The van der Waals surface area contributed by atoms with Gasteiger partial charge in [0.15, 0.2) is 0 Å². The number of likely N-dealkylation sites (N-methyl/N-ethyl adjacent to an activating group) is 1. The lowest BCUT2D eigenvalue weighted by Crippen LogP contribution is -2.37. The number of aryl methyl sites for hydroxylation is 1. The second-order valence-corrected chi connectivity index (χ2v) is 3.48. The van der Waals surface area contributed by atoms with Crippen LogP contribution in [0.3, 0.4) is 0 Å². The minimum atomic E-state index is 0.0647. The largest absolute Gasteiger partial charge is 0.365 e. The van der Waals surface area contributed by atoms with Crippen molar-refractivity contribution in [3.63, 3.8) is 0 Å². The molecule has 0 fully saturated rings. The summed E-state index contributed by atoms with van der Waals surface area (Å²) in [6, 6.07) is 8.34. The number of rotatable bonds is 1. The Morgan fingerprint density at radius 1 is 1.46 bits per heavy atom. The van der Waals surface area contributed by atoms with Gasteiger partial charge in [-0.15, -0.1) is 0 Å². The number of fused-ring (bicyclic) bond motifs is 1. The molecule has 1 atom stereocenters. The normalized spacial score (nSPS) is 21.0. The first-order valence-electron chi connectivity index (χ1n) is 4.59. The summed E-state index contributed by atoms with van der Waals surface area (Å²) in [7, 11) is 1.98. The second-order valence-electron chi connectivity index (χ2n) is 3.48. The van der Waals surface area contributed by atoms with Gasteiger partial charge in [0, 0.05) is 12.7 Å².